The average Bonchev–Trinajstić information content (AvgIpc) is 3.05. The molecule has 0 radical (unpaired) electrons. The van der Waals surface area contributed by atoms with E-state index in [2.05, 4.69) is 9.71 Å². The standard InChI is InChI=1S/C20H17N3O2S/c1-15-7-5-6-10-19(15)23-14-21-18-13-16(11-12-20(18)23)22-26(24,25)17-8-3-2-4-9-17/h2-14,22H,1H3. The minimum atomic E-state index is -3.62. The summed E-state index contributed by atoms with van der Waals surface area (Å²) in [5, 5.41) is 0. The molecular weight excluding hydrogens is 346 g/mol. The highest BCUT2D eigenvalue weighted by Crippen LogP contribution is 2.24. The molecule has 0 bridgehead atoms. The lowest BCUT2D eigenvalue weighted by molar-refractivity contribution is 0.601. The first kappa shape index (κ1) is 16.4. The van der Waals surface area contributed by atoms with Crippen molar-refractivity contribution < 1.29 is 8.42 Å². The van der Waals surface area contributed by atoms with E-state index in [0.717, 1.165) is 22.3 Å². The molecule has 4 aromatic rings. The third-order valence-corrected chi connectivity index (χ3v) is 5.63. The number of fused-ring (bicyclic) bond motifs is 1. The lowest BCUT2D eigenvalue weighted by atomic mass is 10.2. The van der Waals surface area contributed by atoms with Gasteiger partial charge in [0.2, 0.25) is 0 Å². The maximum Gasteiger partial charge on any atom is 0.261 e. The fourth-order valence-corrected chi connectivity index (χ4v) is 3.99. The van der Waals surface area contributed by atoms with Gasteiger partial charge >= 0.3 is 0 Å². The molecule has 26 heavy (non-hydrogen) atoms. The molecule has 0 atom stereocenters. The van der Waals surface area contributed by atoms with E-state index >= 15 is 0 Å². The maximum atomic E-state index is 12.5. The summed E-state index contributed by atoms with van der Waals surface area (Å²) in [5.41, 5.74) is 4.31. The highest BCUT2D eigenvalue weighted by molar-refractivity contribution is 7.92. The summed E-state index contributed by atoms with van der Waals surface area (Å²) in [6, 6.07) is 21.7. The minimum Gasteiger partial charge on any atom is -0.299 e. The first-order chi connectivity index (χ1) is 12.5. The lowest BCUT2D eigenvalue weighted by Crippen LogP contribution is -2.12. The molecule has 0 amide bonds. The van der Waals surface area contributed by atoms with Gasteiger partial charge in [0.15, 0.2) is 0 Å². The van der Waals surface area contributed by atoms with Gasteiger partial charge in [-0.1, -0.05) is 36.4 Å². The molecule has 4 rings (SSSR count). The summed E-state index contributed by atoms with van der Waals surface area (Å²) in [5.74, 6) is 0. The summed E-state index contributed by atoms with van der Waals surface area (Å²) in [4.78, 5) is 4.66. The predicted octanol–water partition coefficient (Wildman–Crippen LogP) is 4.13. The number of aromatic nitrogens is 2. The Morgan fingerprint density at radius 3 is 2.42 bits per heavy atom. The van der Waals surface area contributed by atoms with E-state index in [4.69, 9.17) is 0 Å². The zero-order chi connectivity index (χ0) is 18.1. The lowest BCUT2D eigenvalue weighted by Gasteiger charge is -2.10. The summed E-state index contributed by atoms with van der Waals surface area (Å²) < 4.78 is 29.6. The Kier molecular flexibility index (Phi) is 3.97. The zero-order valence-corrected chi connectivity index (χ0v) is 14.9. The smallest absolute Gasteiger partial charge is 0.261 e. The summed E-state index contributed by atoms with van der Waals surface area (Å²) in [6.07, 6.45) is 1.75. The van der Waals surface area contributed by atoms with Crippen LogP contribution in [0.15, 0.2) is 84.0 Å². The number of para-hydroxylation sites is 1. The monoisotopic (exact) mass is 363 g/mol. The molecule has 1 N–H and O–H groups in total. The van der Waals surface area contributed by atoms with Crippen LogP contribution in [0.25, 0.3) is 16.7 Å². The fourth-order valence-electron chi connectivity index (χ4n) is 2.92. The van der Waals surface area contributed by atoms with Crippen LogP contribution in [0.5, 0.6) is 0 Å². The van der Waals surface area contributed by atoms with Gasteiger partial charge < -0.3 is 0 Å². The Labute approximate surface area is 152 Å². The number of hydrogen-bond donors (Lipinski definition) is 1. The summed E-state index contributed by atoms with van der Waals surface area (Å²) in [7, 11) is -3.62. The van der Waals surface area contributed by atoms with Gasteiger partial charge in [-0.3, -0.25) is 9.29 Å². The first-order valence-corrected chi connectivity index (χ1v) is 9.64. The largest absolute Gasteiger partial charge is 0.299 e. The Morgan fingerprint density at radius 1 is 0.923 bits per heavy atom. The van der Waals surface area contributed by atoms with Crippen molar-refractivity contribution in [2.24, 2.45) is 0 Å². The van der Waals surface area contributed by atoms with Crippen molar-refractivity contribution in [2.45, 2.75) is 11.8 Å². The molecule has 0 aliphatic carbocycles. The number of nitrogens with zero attached hydrogens (tertiary/aromatic N) is 2. The van der Waals surface area contributed by atoms with E-state index in [0.29, 0.717) is 5.69 Å². The number of rotatable bonds is 4. The van der Waals surface area contributed by atoms with Crippen molar-refractivity contribution >= 4 is 26.7 Å². The van der Waals surface area contributed by atoms with Crippen LogP contribution in [0.2, 0.25) is 0 Å². The van der Waals surface area contributed by atoms with Crippen molar-refractivity contribution in [1.82, 2.24) is 9.55 Å². The van der Waals surface area contributed by atoms with Crippen molar-refractivity contribution in [2.75, 3.05) is 4.72 Å². The Morgan fingerprint density at radius 2 is 1.65 bits per heavy atom. The van der Waals surface area contributed by atoms with Gasteiger partial charge in [-0.25, -0.2) is 13.4 Å². The summed E-state index contributed by atoms with van der Waals surface area (Å²) in [6.45, 7) is 2.05. The fraction of sp³-hybridized carbons (Fsp3) is 0.0500. The van der Waals surface area contributed by atoms with E-state index in [1.165, 1.54) is 0 Å². The molecule has 0 fully saturated rings. The van der Waals surface area contributed by atoms with Gasteiger partial charge in [0.05, 0.1) is 27.3 Å². The SMILES string of the molecule is Cc1ccccc1-n1cnc2cc(NS(=O)(=O)c3ccccc3)ccc21. The van der Waals surface area contributed by atoms with E-state index in [9.17, 15) is 8.42 Å². The van der Waals surface area contributed by atoms with Crippen LogP contribution in [0.3, 0.4) is 0 Å². The zero-order valence-electron chi connectivity index (χ0n) is 14.1. The van der Waals surface area contributed by atoms with E-state index < -0.39 is 10.0 Å². The van der Waals surface area contributed by atoms with Crippen LogP contribution in [0.4, 0.5) is 5.69 Å². The number of anilines is 1. The topological polar surface area (TPSA) is 64.0 Å². The Bertz CT molecular complexity index is 1180. The maximum absolute atomic E-state index is 12.5. The number of aryl methyl sites for hydroxylation is 1. The molecule has 1 aromatic heterocycles. The second kappa shape index (κ2) is 6.31. The molecule has 130 valence electrons. The molecule has 0 unspecified atom stereocenters. The third kappa shape index (κ3) is 2.95. The van der Waals surface area contributed by atoms with Crippen LogP contribution < -0.4 is 4.72 Å². The summed E-state index contributed by atoms with van der Waals surface area (Å²) >= 11 is 0. The third-order valence-electron chi connectivity index (χ3n) is 4.23. The number of hydrogen-bond acceptors (Lipinski definition) is 3. The normalized spacial score (nSPS) is 11.6. The predicted molar refractivity (Wildman–Crippen MR) is 103 cm³/mol. The van der Waals surface area contributed by atoms with Gasteiger partial charge in [0.25, 0.3) is 10.0 Å². The number of nitrogens with one attached hydrogen (secondary N) is 1. The second-order valence-corrected chi connectivity index (χ2v) is 7.71. The molecule has 0 saturated carbocycles. The van der Waals surface area contributed by atoms with E-state index in [1.807, 2.05) is 41.8 Å². The molecule has 6 heteroatoms. The highest BCUT2D eigenvalue weighted by atomic mass is 32.2. The molecule has 5 nitrogen and oxygen atoms in total. The van der Waals surface area contributed by atoms with Crippen molar-refractivity contribution in [3.05, 3.63) is 84.7 Å². The molecule has 0 saturated heterocycles. The van der Waals surface area contributed by atoms with Crippen LogP contribution in [0, 0.1) is 6.92 Å². The molecule has 1 heterocycles. The minimum absolute atomic E-state index is 0.227. The average molecular weight is 363 g/mol. The van der Waals surface area contributed by atoms with Crippen molar-refractivity contribution in [3.8, 4) is 5.69 Å². The van der Waals surface area contributed by atoms with Gasteiger partial charge in [0, 0.05) is 0 Å². The van der Waals surface area contributed by atoms with E-state index in [1.54, 1.807) is 48.8 Å². The quantitative estimate of drug-likeness (QED) is 0.593. The van der Waals surface area contributed by atoms with Crippen LogP contribution in [-0.4, -0.2) is 18.0 Å². The van der Waals surface area contributed by atoms with Gasteiger partial charge in [-0.05, 0) is 48.9 Å². The van der Waals surface area contributed by atoms with E-state index in [-0.39, 0.29) is 4.90 Å². The first-order valence-electron chi connectivity index (χ1n) is 8.15. The number of imidazole rings is 1. The number of sulfonamides is 1. The molecule has 0 aliphatic heterocycles. The van der Waals surface area contributed by atoms with Crippen molar-refractivity contribution in [1.29, 1.82) is 0 Å². The number of benzene rings is 3. The second-order valence-electron chi connectivity index (χ2n) is 6.02. The molecular formula is C20H17N3O2S. The Hall–Kier alpha value is -3.12. The molecule has 0 aliphatic rings. The van der Waals surface area contributed by atoms with Gasteiger partial charge in [-0.15, -0.1) is 0 Å². The Balaban J connectivity index is 1.71. The highest BCUT2D eigenvalue weighted by Gasteiger charge is 2.14. The van der Waals surface area contributed by atoms with Gasteiger partial charge in [-0.2, -0.15) is 0 Å². The van der Waals surface area contributed by atoms with Crippen LogP contribution >= 0.6 is 0 Å². The van der Waals surface area contributed by atoms with Crippen molar-refractivity contribution in [3.63, 3.8) is 0 Å². The molecule has 3 aromatic carbocycles. The van der Waals surface area contributed by atoms with Crippen LogP contribution in [-0.2, 0) is 10.0 Å². The van der Waals surface area contributed by atoms with Gasteiger partial charge in [0.1, 0.15) is 6.33 Å². The van der Waals surface area contributed by atoms with Crippen LogP contribution in [0.1, 0.15) is 5.56 Å². The molecule has 0 spiro atoms.